The molecule has 0 saturated carbocycles. The summed E-state index contributed by atoms with van der Waals surface area (Å²) in [5.41, 5.74) is 0.378. The van der Waals surface area contributed by atoms with E-state index in [2.05, 4.69) is 10.3 Å². The van der Waals surface area contributed by atoms with Gasteiger partial charge in [-0.3, -0.25) is 4.79 Å². The number of hydrogen-bond donors (Lipinski definition) is 1. The molecule has 0 aliphatic carbocycles. The van der Waals surface area contributed by atoms with Crippen LogP contribution in [0.4, 0.5) is 13.9 Å². The molecule has 1 aliphatic rings. The number of nitrogens with zero attached hydrogens (tertiary/aromatic N) is 1. The molecule has 1 aromatic heterocycles. The highest BCUT2D eigenvalue weighted by atomic mass is 32.1. The van der Waals surface area contributed by atoms with Gasteiger partial charge in [-0.1, -0.05) is 0 Å². The number of hydrogen-bond acceptors (Lipinski definition) is 4. The second-order valence-corrected chi connectivity index (χ2v) is 6.09. The number of halogens is 2. The molecule has 2 aromatic rings. The molecule has 1 aromatic carbocycles. The lowest BCUT2D eigenvalue weighted by molar-refractivity contribution is -0.119. The van der Waals surface area contributed by atoms with Crippen molar-refractivity contribution < 1.29 is 18.3 Å². The monoisotopic (exact) mass is 324 g/mol. The van der Waals surface area contributed by atoms with Crippen LogP contribution < -0.4 is 5.32 Å². The van der Waals surface area contributed by atoms with Crippen molar-refractivity contribution in [1.29, 1.82) is 0 Å². The van der Waals surface area contributed by atoms with Crippen molar-refractivity contribution in [2.45, 2.75) is 19.4 Å². The van der Waals surface area contributed by atoms with Crippen molar-refractivity contribution in [2.24, 2.45) is 5.92 Å². The zero-order valence-electron chi connectivity index (χ0n) is 11.8. The molecule has 1 fully saturated rings. The highest BCUT2D eigenvalue weighted by Crippen LogP contribution is 2.28. The third-order valence-electron chi connectivity index (χ3n) is 3.51. The Hall–Kier alpha value is -1.86. The van der Waals surface area contributed by atoms with Crippen LogP contribution in [0, 0.1) is 17.6 Å². The van der Waals surface area contributed by atoms with Crippen LogP contribution in [0.25, 0.3) is 11.3 Å². The van der Waals surface area contributed by atoms with E-state index in [0.29, 0.717) is 23.9 Å². The van der Waals surface area contributed by atoms with Gasteiger partial charge < -0.3 is 10.1 Å². The molecule has 1 amide bonds. The Morgan fingerprint density at radius 1 is 1.45 bits per heavy atom. The van der Waals surface area contributed by atoms with Crippen molar-refractivity contribution in [3.8, 4) is 11.3 Å². The first kappa shape index (κ1) is 15.1. The largest absolute Gasteiger partial charge is 0.378 e. The molecule has 1 aliphatic heterocycles. The molecule has 2 unspecified atom stereocenters. The number of anilines is 1. The Balaban J connectivity index is 1.74. The summed E-state index contributed by atoms with van der Waals surface area (Å²) in [5, 5.41) is 4.65. The van der Waals surface area contributed by atoms with Crippen LogP contribution in [-0.2, 0) is 9.53 Å². The zero-order valence-corrected chi connectivity index (χ0v) is 12.6. The van der Waals surface area contributed by atoms with Crippen molar-refractivity contribution in [2.75, 3.05) is 11.9 Å². The predicted octanol–water partition coefficient (Wildman–Crippen LogP) is 3.45. The summed E-state index contributed by atoms with van der Waals surface area (Å²) < 4.78 is 32.3. The molecule has 4 nitrogen and oxygen atoms in total. The number of nitrogens with one attached hydrogen (secondary N) is 1. The Labute approximate surface area is 130 Å². The smallest absolute Gasteiger partial charge is 0.231 e. The quantitative estimate of drug-likeness (QED) is 0.941. The van der Waals surface area contributed by atoms with Gasteiger partial charge in [-0.05, 0) is 31.5 Å². The van der Waals surface area contributed by atoms with E-state index in [4.69, 9.17) is 4.74 Å². The van der Waals surface area contributed by atoms with E-state index in [1.807, 2.05) is 6.92 Å². The normalized spacial score (nSPS) is 21.0. The first-order chi connectivity index (χ1) is 10.5. The van der Waals surface area contributed by atoms with Crippen molar-refractivity contribution in [1.82, 2.24) is 4.98 Å². The molecule has 0 radical (unpaired) electrons. The van der Waals surface area contributed by atoms with Crippen LogP contribution >= 0.6 is 11.3 Å². The molecular formula is C15H14F2N2O2S. The topological polar surface area (TPSA) is 51.2 Å². The average Bonchev–Trinajstić information content (AvgIpc) is 3.11. The zero-order chi connectivity index (χ0) is 15.7. The molecule has 2 atom stereocenters. The number of carbonyl (C=O) groups excluding carboxylic acids is 1. The van der Waals surface area contributed by atoms with Gasteiger partial charge in [0.05, 0.1) is 24.3 Å². The van der Waals surface area contributed by atoms with Gasteiger partial charge in [-0.15, -0.1) is 11.3 Å². The molecule has 1 saturated heterocycles. The molecule has 0 bridgehead atoms. The number of benzene rings is 1. The maximum absolute atomic E-state index is 13.7. The Morgan fingerprint density at radius 2 is 2.27 bits per heavy atom. The third kappa shape index (κ3) is 3.15. The fraction of sp³-hybridized carbons (Fsp3) is 0.333. The van der Waals surface area contributed by atoms with E-state index in [0.717, 1.165) is 18.2 Å². The van der Waals surface area contributed by atoms with Crippen molar-refractivity contribution in [3.05, 3.63) is 35.2 Å². The number of carbonyl (C=O) groups is 1. The van der Waals surface area contributed by atoms with Gasteiger partial charge >= 0.3 is 0 Å². The van der Waals surface area contributed by atoms with E-state index < -0.39 is 11.6 Å². The fourth-order valence-electron chi connectivity index (χ4n) is 2.36. The minimum Gasteiger partial charge on any atom is -0.378 e. The summed E-state index contributed by atoms with van der Waals surface area (Å²) in [5.74, 6) is -1.45. The average molecular weight is 324 g/mol. The van der Waals surface area contributed by atoms with Crippen LogP contribution in [0.3, 0.4) is 0 Å². The lowest BCUT2D eigenvalue weighted by Gasteiger charge is -2.06. The highest BCUT2D eigenvalue weighted by Gasteiger charge is 2.28. The summed E-state index contributed by atoms with van der Waals surface area (Å²) in [7, 11) is 0. The van der Waals surface area contributed by atoms with Crippen molar-refractivity contribution in [3.63, 3.8) is 0 Å². The van der Waals surface area contributed by atoms with E-state index in [1.54, 1.807) is 5.38 Å². The minimum absolute atomic E-state index is 0.0731. The Morgan fingerprint density at radius 3 is 3.00 bits per heavy atom. The summed E-state index contributed by atoms with van der Waals surface area (Å²) >= 11 is 1.17. The maximum Gasteiger partial charge on any atom is 0.231 e. The van der Waals surface area contributed by atoms with E-state index >= 15 is 0 Å². The Kier molecular flexibility index (Phi) is 4.17. The maximum atomic E-state index is 13.7. The third-order valence-corrected chi connectivity index (χ3v) is 4.27. The van der Waals surface area contributed by atoms with E-state index in [9.17, 15) is 13.6 Å². The standard InChI is InChI=1S/C15H14F2N2O2S/c1-8-4-9(6-21-8)14(20)19-15-18-13(7-22-15)11-5-10(16)2-3-12(11)17/h2-3,5,7-9H,4,6H2,1H3,(H,18,19,20). The molecule has 7 heteroatoms. The van der Waals surface area contributed by atoms with E-state index in [-0.39, 0.29) is 23.5 Å². The summed E-state index contributed by atoms with van der Waals surface area (Å²) in [6.45, 7) is 2.31. The lowest BCUT2D eigenvalue weighted by atomic mass is 10.1. The molecular weight excluding hydrogens is 310 g/mol. The number of rotatable bonds is 3. The number of amides is 1. The molecule has 22 heavy (non-hydrogen) atoms. The highest BCUT2D eigenvalue weighted by molar-refractivity contribution is 7.14. The lowest BCUT2D eigenvalue weighted by Crippen LogP contribution is -2.22. The van der Waals surface area contributed by atoms with Crippen LogP contribution in [0.2, 0.25) is 0 Å². The number of aromatic nitrogens is 1. The van der Waals surface area contributed by atoms with Crippen LogP contribution in [0.1, 0.15) is 13.3 Å². The van der Waals surface area contributed by atoms with Gasteiger partial charge in [0.15, 0.2) is 5.13 Å². The number of ether oxygens (including phenoxy) is 1. The van der Waals surface area contributed by atoms with Gasteiger partial charge in [0.25, 0.3) is 0 Å². The molecule has 1 N–H and O–H groups in total. The SMILES string of the molecule is CC1CC(C(=O)Nc2nc(-c3cc(F)ccc3F)cs2)CO1. The minimum atomic E-state index is -0.553. The fourth-order valence-corrected chi connectivity index (χ4v) is 3.07. The number of thiazole rings is 1. The van der Waals surface area contributed by atoms with Gasteiger partial charge in [0.1, 0.15) is 11.6 Å². The van der Waals surface area contributed by atoms with Gasteiger partial charge in [0, 0.05) is 10.9 Å². The van der Waals surface area contributed by atoms with Crippen LogP contribution in [0.15, 0.2) is 23.6 Å². The second-order valence-electron chi connectivity index (χ2n) is 5.23. The summed E-state index contributed by atoms with van der Waals surface area (Å²) in [4.78, 5) is 16.2. The van der Waals surface area contributed by atoms with Crippen LogP contribution in [-0.4, -0.2) is 23.6 Å². The Bertz CT molecular complexity index is 705. The second kappa shape index (κ2) is 6.10. The summed E-state index contributed by atoms with van der Waals surface area (Å²) in [6, 6.07) is 3.19. The van der Waals surface area contributed by atoms with Gasteiger partial charge in [0.2, 0.25) is 5.91 Å². The van der Waals surface area contributed by atoms with E-state index in [1.165, 1.54) is 11.3 Å². The first-order valence-electron chi connectivity index (χ1n) is 6.86. The van der Waals surface area contributed by atoms with Crippen molar-refractivity contribution >= 4 is 22.4 Å². The molecule has 116 valence electrons. The molecule has 2 heterocycles. The molecule has 0 spiro atoms. The predicted molar refractivity (Wildman–Crippen MR) is 79.6 cm³/mol. The first-order valence-corrected chi connectivity index (χ1v) is 7.74. The summed E-state index contributed by atoms with van der Waals surface area (Å²) in [6.07, 6.45) is 0.742. The van der Waals surface area contributed by atoms with Crippen LogP contribution in [0.5, 0.6) is 0 Å². The van der Waals surface area contributed by atoms with Gasteiger partial charge in [-0.25, -0.2) is 13.8 Å². The molecule has 3 rings (SSSR count). The van der Waals surface area contributed by atoms with Gasteiger partial charge in [-0.2, -0.15) is 0 Å².